The van der Waals surface area contributed by atoms with E-state index in [1.54, 1.807) is 0 Å². The van der Waals surface area contributed by atoms with Crippen LogP contribution in [0.5, 0.6) is 0 Å². The Kier molecular flexibility index (Phi) is 6.01. The third-order valence-corrected chi connectivity index (χ3v) is 3.84. The Morgan fingerprint density at radius 2 is 0.929 bits per heavy atom. The zero-order valence-corrected chi connectivity index (χ0v) is 16.5. The zero-order chi connectivity index (χ0) is 19.9. The summed E-state index contributed by atoms with van der Waals surface area (Å²) >= 11 is 0. The molecule has 0 amide bonds. The molecule has 0 aliphatic carbocycles. The van der Waals surface area contributed by atoms with E-state index in [0.717, 1.165) is 22.8 Å². The second-order valence-electron chi connectivity index (χ2n) is 6.49. The average Bonchev–Trinajstić information content (AvgIpc) is 3.40. The van der Waals surface area contributed by atoms with Gasteiger partial charge in [0.2, 0.25) is 11.9 Å². The molecule has 0 unspecified atom stereocenters. The lowest BCUT2D eigenvalue weighted by atomic mass is 10.2. The molecule has 8 nitrogen and oxygen atoms in total. The van der Waals surface area contributed by atoms with Crippen molar-refractivity contribution in [3.05, 3.63) is 60.7 Å². The van der Waals surface area contributed by atoms with E-state index in [1.165, 1.54) is 0 Å². The molecule has 0 atom stereocenters. The van der Waals surface area contributed by atoms with Crippen LogP contribution in [-0.2, 0) is 0 Å². The summed E-state index contributed by atoms with van der Waals surface area (Å²) in [6, 6.07) is 19.9. The van der Waals surface area contributed by atoms with Crippen LogP contribution in [0.15, 0.2) is 60.7 Å². The predicted molar refractivity (Wildman–Crippen MR) is 112 cm³/mol. The molecule has 4 rings (SSSR count). The summed E-state index contributed by atoms with van der Waals surface area (Å²) in [6.07, 6.45) is 0. The van der Waals surface area contributed by atoms with Gasteiger partial charge in [-0.25, -0.2) is 0 Å². The molecule has 0 saturated carbocycles. The molecule has 2 heterocycles. The summed E-state index contributed by atoms with van der Waals surface area (Å²) in [5.41, 5.74) is 2.10. The van der Waals surface area contributed by atoms with Crippen LogP contribution in [0.2, 0.25) is 0 Å². The Bertz CT molecular complexity index is 892. The van der Waals surface area contributed by atoms with Crippen molar-refractivity contribution in [3.63, 3.8) is 0 Å². The van der Waals surface area contributed by atoms with Gasteiger partial charge < -0.3 is 9.80 Å². The van der Waals surface area contributed by atoms with E-state index in [4.69, 9.17) is 0 Å². The van der Waals surface area contributed by atoms with Crippen molar-refractivity contribution >= 4 is 11.9 Å². The van der Waals surface area contributed by atoms with Crippen LogP contribution in [0.25, 0.3) is 22.8 Å². The van der Waals surface area contributed by atoms with Crippen molar-refractivity contribution in [2.75, 3.05) is 38.0 Å². The third kappa shape index (κ3) is 4.73. The second-order valence-corrected chi connectivity index (χ2v) is 6.49. The molecule has 0 aliphatic rings. The minimum absolute atomic E-state index is 0.698. The maximum atomic E-state index is 4.34. The Balaban J connectivity index is 0.000000161. The van der Waals surface area contributed by atoms with Crippen molar-refractivity contribution in [1.29, 1.82) is 0 Å². The van der Waals surface area contributed by atoms with E-state index in [2.05, 4.69) is 30.4 Å². The topological polar surface area (TPSA) is 89.6 Å². The number of H-pyrrole nitrogens is 2. The van der Waals surface area contributed by atoms with Gasteiger partial charge in [0.25, 0.3) is 0 Å². The van der Waals surface area contributed by atoms with E-state index in [1.807, 2.05) is 98.7 Å². The largest absolute Gasteiger partial charge is 0.346 e. The lowest BCUT2D eigenvalue weighted by Gasteiger charge is -2.03. The monoisotopic (exact) mass is 376 g/mol. The minimum Gasteiger partial charge on any atom is -0.346 e. The molecule has 2 aromatic heterocycles. The zero-order valence-electron chi connectivity index (χ0n) is 16.5. The van der Waals surface area contributed by atoms with Gasteiger partial charge in [0.05, 0.1) is 0 Å². The smallest absolute Gasteiger partial charge is 0.244 e. The molecule has 144 valence electrons. The number of aromatic nitrogens is 6. The minimum atomic E-state index is 0.698. The molecule has 0 spiro atoms. The molecule has 0 saturated heterocycles. The second kappa shape index (κ2) is 8.81. The van der Waals surface area contributed by atoms with Gasteiger partial charge >= 0.3 is 0 Å². The fourth-order valence-electron chi connectivity index (χ4n) is 2.36. The molecule has 0 aliphatic heterocycles. The molecule has 0 bridgehead atoms. The Labute approximate surface area is 164 Å². The highest BCUT2D eigenvalue weighted by molar-refractivity contribution is 5.56. The molecular formula is C20H24N8. The van der Waals surface area contributed by atoms with Crippen molar-refractivity contribution < 1.29 is 0 Å². The summed E-state index contributed by atoms with van der Waals surface area (Å²) < 4.78 is 0. The Morgan fingerprint density at radius 1 is 0.571 bits per heavy atom. The molecule has 8 heteroatoms. The highest BCUT2D eigenvalue weighted by atomic mass is 15.3. The van der Waals surface area contributed by atoms with E-state index in [-0.39, 0.29) is 0 Å². The molecule has 28 heavy (non-hydrogen) atoms. The van der Waals surface area contributed by atoms with Gasteiger partial charge in [-0.1, -0.05) is 60.7 Å². The van der Waals surface area contributed by atoms with E-state index in [9.17, 15) is 0 Å². The number of hydrogen-bond donors (Lipinski definition) is 2. The molecule has 2 N–H and O–H groups in total. The van der Waals surface area contributed by atoms with Crippen LogP contribution in [0.1, 0.15) is 0 Å². The van der Waals surface area contributed by atoms with Crippen LogP contribution in [0, 0.1) is 0 Å². The number of nitrogens with one attached hydrogen (secondary N) is 2. The van der Waals surface area contributed by atoms with Gasteiger partial charge in [0, 0.05) is 39.3 Å². The van der Waals surface area contributed by atoms with Crippen LogP contribution < -0.4 is 9.80 Å². The first kappa shape index (κ1) is 19.1. The number of anilines is 2. The van der Waals surface area contributed by atoms with Gasteiger partial charge in [-0.15, -0.1) is 10.2 Å². The molecule has 2 aromatic carbocycles. The summed E-state index contributed by atoms with van der Waals surface area (Å²) in [6.45, 7) is 0. The summed E-state index contributed by atoms with van der Waals surface area (Å²) in [7, 11) is 7.66. The molecule has 0 radical (unpaired) electrons. The molecule has 4 aromatic rings. The lowest BCUT2D eigenvalue weighted by Crippen LogP contribution is -2.10. The number of aromatic amines is 2. The van der Waals surface area contributed by atoms with Gasteiger partial charge in [-0.05, 0) is 0 Å². The quantitative estimate of drug-likeness (QED) is 0.569. The third-order valence-electron chi connectivity index (χ3n) is 3.84. The normalized spacial score (nSPS) is 10.1. The van der Waals surface area contributed by atoms with Crippen LogP contribution in [-0.4, -0.2) is 58.6 Å². The first-order valence-electron chi connectivity index (χ1n) is 8.85. The average molecular weight is 376 g/mol. The summed E-state index contributed by atoms with van der Waals surface area (Å²) in [4.78, 5) is 12.4. The van der Waals surface area contributed by atoms with Crippen molar-refractivity contribution in [3.8, 4) is 22.8 Å². The van der Waals surface area contributed by atoms with Gasteiger partial charge in [0.15, 0.2) is 11.6 Å². The van der Waals surface area contributed by atoms with Crippen LogP contribution >= 0.6 is 0 Å². The highest BCUT2D eigenvalue weighted by Crippen LogP contribution is 2.16. The first-order valence-corrected chi connectivity index (χ1v) is 8.85. The van der Waals surface area contributed by atoms with Gasteiger partial charge in [-0.3, -0.25) is 10.2 Å². The number of hydrogen-bond acceptors (Lipinski definition) is 6. The van der Waals surface area contributed by atoms with E-state index in [0.29, 0.717) is 11.9 Å². The summed E-state index contributed by atoms with van der Waals surface area (Å²) in [5, 5.41) is 14.0. The van der Waals surface area contributed by atoms with Crippen molar-refractivity contribution in [2.45, 2.75) is 0 Å². The number of nitrogens with zero attached hydrogens (tertiary/aromatic N) is 6. The Hall–Kier alpha value is -3.68. The number of rotatable bonds is 4. The predicted octanol–water partition coefficient (Wildman–Crippen LogP) is 3.08. The van der Waals surface area contributed by atoms with Crippen LogP contribution in [0.3, 0.4) is 0 Å². The summed E-state index contributed by atoms with van der Waals surface area (Å²) in [5.74, 6) is 3.00. The van der Waals surface area contributed by atoms with Gasteiger partial charge in [-0.2, -0.15) is 9.97 Å². The van der Waals surface area contributed by atoms with E-state index >= 15 is 0 Å². The Morgan fingerprint density at radius 3 is 1.21 bits per heavy atom. The maximum Gasteiger partial charge on any atom is 0.244 e. The SMILES string of the molecule is CN(C)c1n[nH]c(-c2ccccc2)n1.CN(C)c1n[nH]c(-c2ccccc2)n1. The molecule has 0 fully saturated rings. The molecular weight excluding hydrogens is 352 g/mol. The lowest BCUT2D eigenvalue weighted by molar-refractivity contribution is 0.999. The van der Waals surface area contributed by atoms with Gasteiger partial charge in [0.1, 0.15) is 0 Å². The first-order chi connectivity index (χ1) is 13.5. The van der Waals surface area contributed by atoms with E-state index < -0.39 is 0 Å². The number of benzene rings is 2. The van der Waals surface area contributed by atoms with Crippen LogP contribution in [0.4, 0.5) is 11.9 Å². The fourth-order valence-corrected chi connectivity index (χ4v) is 2.36. The van der Waals surface area contributed by atoms with Crippen molar-refractivity contribution in [2.24, 2.45) is 0 Å². The highest BCUT2D eigenvalue weighted by Gasteiger charge is 2.06. The standard InChI is InChI=1S/2C10H12N4/c2*1-14(2)10-11-9(12-13-10)8-6-4-3-5-7-8/h2*3-7H,1-2H3,(H,11,12,13). The maximum absolute atomic E-state index is 4.34. The van der Waals surface area contributed by atoms with Crippen molar-refractivity contribution in [1.82, 2.24) is 30.4 Å². The fraction of sp³-hybridized carbons (Fsp3) is 0.200.